The van der Waals surface area contributed by atoms with E-state index in [0.717, 1.165) is 29.2 Å². The van der Waals surface area contributed by atoms with Crippen molar-refractivity contribution < 1.29 is 4.74 Å². The van der Waals surface area contributed by atoms with Gasteiger partial charge >= 0.3 is 0 Å². The third kappa shape index (κ3) is 5.81. The Morgan fingerprint density at radius 2 is 1.81 bits per heavy atom. The summed E-state index contributed by atoms with van der Waals surface area (Å²) in [5.74, 6) is 1.89. The quantitative estimate of drug-likeness (QED) is 0.328. The molecule has 0 aromatic heterocycles. The van der Waals surface area contributed by atoms with Crippen LogP contribution in [0.2, 0.25) is 0 Å². The van der Waals surface area contributed by atoms with Crippen LogP contribution in [0, 0.1) is 6.92 Å². The van der Waals surface area contributed by atoms with Crippen LogP contribution in [0.15, 0.2) is 77.7 Å². The second-order valence-corrected chi connectivity index (χ2v) is 10.0. The first-order chi connectivity index (χ1) is 14.9. The Hall–Kier alpha value is -2.50. The maximum absolute atomic E-state index is 6.19. The lowest BCUT2D eigenvalue weighted by Crippen LogP contribution is -2.42. The molecule has 1 atom stereocenters. The van der Waals surface area contributed by atoms with Gasteiger partial charge < -0.3 is 15.4 Å². The molecule has 1 aliphatic rings. The minimum absolute atomic E-state index is 0.112. The molecule has 3 aromatic carbocycles. The first-order valence-electron chi connectivity index (χ1n) is 10.5. The van der Waals surface area contributed by atoms with Crippen LogP contribution < -0.4 is 15.4 Å². The van der Waals surface area contributed by atoms with Crippen LogP contribution in [0.5, 0.6) is 5.75 Å². The molecule has 4 rings (SSSR count). The van der Waals surface area contributed by atoms with Gasteiger partial charge in [-0.25, -0.2) is 0 Å². The molecule has 31 heavy (non-hydrogen) atoms. The van der Waals surface area contributed by atoms with Gasteiger partial charge in [-0.15, -0.1) is 11.8 Å². The number of thiocarbonyl (C=S) groups is 1. The highest BCUT2D eigenvalue weighted by molar-refractivity contribution is 7.98. The average molecular weight is 449 g/mol. The van der Waals surface area contributed by atoms with Gasteiger partial charge in [0, 0.05) is 28.3 Å². The minimum atomic E-state index is -0.244. The van der Waals surface area contributed by atoms with Gasteiger partial charge in [0.05, 0.1) is 6.04 Å². The fraction of sp³-hybridized carbons (Fsp3) is 0.269. The number of thioether (sulfide) groups is 1. The van der Waals surface area contributed by atoms with Gasteiger partial charge in [0.1, 0.15) is 11.4 Å². The van der Waals surface area contributed by atoms with Crippen molar-refractivity contribution in [1.29, 1.82) is 0 Å². The zero-order chi connectivity index (χ0) is 21.8. The summed E-state index contributed by atoms with van der Waals surface area (Å²) in [6.45, 7) is 6.33. The van der Waals surface area contributed by atoms with E-state index in [1.165, 1.54) is 16.0 Å². The van der Waals surface area contributed by atoms with Crippen molar-refractivity contribution in [3.8, 4) is 5.75 Å². The van der Waals surface area contributed by atoms with Crippen molar-refractivity contribution in [3.63, 3.8) is 0 Å². The summed E-state index contributed by atoms with van der Waals surface area (Å²) in [4.78, 5) is 1.28. The first kappa shape index (κ1) is 21.7. The summed E-state index contributed by atoms with van der Waals surface area (Å²) in [5.41, 5.74) is 4.38. The molecule has 1 heterocycles. The smallest absolute Gasteiger partial charge is 0.171 e. The number of ether oxygens (including phenoxy) is 1. The van der Waals surface area contributed by atoms with Gasteiger partial charge in [-0.2, -0.15) is 0 Å². The van der Waals surface area contributed by atoms with Crippen LogP contribution in [0.25, 0.3) is 0 Å². The molecule has 1 unspecified atom stereocenters. The Labute approximate surface area is 194 Å². The van der Waals surface area contributed by atoms with E-state index in [2.05, 4.69) is 98.1 Å². The Balaban J connectivity index is 1.36. The Morgan fingerprint density at radius 1 is 1.06 bits per heavy atom. The molecule has 0 fully saturated rings. The summed E-state index contributed by atoms with van der Waals surface area (Å²) in [6.07, 6.45) is 0.848. The van der Waals surface area contributed by atoms with E-state index in [-0.39, 0.29) is 11.6 Å². The number of hydrogen-bond donors (Lipinski definition) is 2. The molecule has 1 aliphatic heterocycles. The summed E-state index contributed by atoms with van der Waals surface area (Å²) < 4.78 is 6.19. The molecule has 0 radical (unpaired) electrons. The van der Waals surface area contributed by atoms with Crippen LogP contribution in [0.4, 0.5) is 5.69 Å². The number of rotatable bonds is 5. The Kier molecular flexibility index (Phi) is 6.54. The summed E-state index contributed by atoms with van der Waals surface area (Å²) in [5, 5.41) is 7.45. The topological polar surface area (TPSA) is 33.3 Å². The van der Waals surface area contributed by atoms with Gasteiger partial charge in [-0.1, -0.05) is 42.5 Å². The molecule has 0 bridgehead atoms. The van der Waals surface area contributed by atoms with E-state index in [1.54, 1.807) is 0 Å². The van der Waals surface area contributed by atoms with Gasteiger partial charge in [0.2, 0.25) is 0 Å². The minimum Gasteiger partial charge on any atom is -0.487 e. The maximum atomic E-state index is 6.19. The number of anilines is 1. The highest BCUT2D eigenvalue weighted by Gasteiger charge is 2.34. The summed E-state index contributed by atoms with van der Waals surface area (Å²) >= 11 is 7.47. The predicted octanol–water partition coefficient (Wildman–Crippen LogP) is 6.88. The first-order valence-corrected chi connectivity index (χ1v) is 11.9. The van der Waals surface area contributed by atoms with Crippen LogP contribution >= 0.6 is 24.0 Å². The zero-order valence-electron chi connectivity index (χ0n) is 18.1. The molecule has 3 nitrogen and oxygen atoms in total. The normalized spacial score (nSPS) is 16.7. The van der Waals surface area contributed by atoms with Crippen molar-refractivity contribution in [1.82, 2.24) is 5.32 Å². The summed E-state index contributed by atoms with van der Waals surface area (Å²) in [6, 6.07) is 25.4. The number of benzene rings is 3. The van der Waals surface area contributed by atoms with Gasteiger partial charge in [-0.3, -0.25) is 0 Å². The monoisotopic (exact) mass is 448 g/mol. The Morgan fingerprint density at radius 3 is 2.55 bits per heavy atom. The van der Waals surface area contributed by atoms with Crippen LogP contribution in [-0.2, 0) is 5.75 Å². The molecule has 0 saturated heterocycles. The van der Waals surface area contributed by atoms with E-state index in [0.29, 0.717) is 5.11 Å². The van der Waals surface area contributed by atoms with E-state index in [9.17, 15) is 0 Å². The molecule has 0 amide bonds. The van der Waals surface area contributed by atoms with Crippen LogP contribution in [0.3, 0.4) is 0 Å². The molecule has 2 N–H and O–H groups in total. The van der Waals surface area contributed by atoms with Crippen molar-refractivity contribution in [2.45, 2.75) is 49.5 Å². The standard InChI is InChI=1S/C26H28N2OS2/c1-18-9-14-22-23(16-26(2,3)29-24(22)15-18)28-25(30)27-20-12-10-19(11-13-20)17-31-21-7-5-4-6-8-21/h4-15,23H,16-17H2,1-3H3,(H2,27,28,30). The van der Waals surface area contributed by atoms with Gasteiger partial charge in [0.25, 0.3) is 0 Å². The molecule has 0 spiro atoms. The van der Waals surface area contributed by atoms with Crippen LogP contribution in [-0.4, -0.2) is 10.7 Å². The van der Waals surface area contributed by atoms with E-state index >= 15 is 0 Å². The number of fused-ring (bicyclic) bond motifs is 1. The van der Waals surface area contributed by atoms with E-state index < -0.39 is 0 Å². The zero-order valence-corrected chi connectivity index (χ0v) is 19.8. The van der Waals surface area contributed by atoms with Gasteiger partial charge in [-0.05, 0) is 74.4 Å². The highest BCUT2D eigenvalue weighted by atomic mass is 32.2. The van der Waals surface area contributed by atoms with Crippen molar-refractivity contribution in [2.24, 2.45) is 0 Å². The summed E-state index contributed by atoms with van der Waals surface area (Å²) in [7, 11) is 0. The Bertz CT molecular complexity index is 1050. The maximum Gasteiger partial charge on any atom is 0.171 e. The lowest BCUT2D eigenvalue weighted by molar-refractivity contribution is 0.0696. The second kappa shape index (κ2) is 9.33. The molecule has 0 aliphatic carbocycles. The number of aryl methyl sites for hydroxylation is 1. The molecular formula is C26H28N2OS2. The predicted molar refractivity (Wildman–Crippen MR) is 135 cm³/mol. The molecule has 160 valence electrons. The molecule has 3 aromatic rings. The lowest BCUT2D eigenvalue weighted by Gasteiger charge is -2.38. The third-order valence-electron chi connectivity index (χ3n) is 5.29. The SMILES string of the molecule is Cc1ccc2c(c1)OC(C)(C)CC2NC(=S)Nc1ccc(CSc2ccccc2)cc1. The average Bonchev–Trinajstić information content (AvgIpc) is 2.73. The molecular weight excluding hydrogens is 420 g/mol. The van der Waals surface area contributed by atoms with E-state index in [1.807, 2.05) is 17.8 Å². The molecule has 5 heteroatoms. The van der Waals surface area contributed by atoms with Crippen molar-refractivity contribution in [3.05, 3.63) is 89.5 Å². The number of hydrogen-bond acceptors (Lipinski definition) is 3. The van der Waals surface area contributed by atoms with Crippen molar-refractivity contribution in [2.75, 3.05) is 5.32 Å². The number of nitrogens with one attached hydrogen (secondary N) is 2. The third-order valence-corrected chi connectivity index (χ3v) is 6.60. The highest BCUT2D eigenvalue weighted by Crippen LogP contribution is 2.40. The largest absolute Gasteiger partial charge is 0.487 e. The second-order valence-electron chi connectivity index (χ2n) is 8.56. The van der Waals surface area contributed by atoms with E-state index in [4.69, 9.17) is 17.0 Å². The fourth-order valence-corrected chi connectivity index (χ4v) is 4.92. The molecule has 0 saturated carbocycles. The lowest BCUT2D eigenvalue weighted by atomic mass is 9.89. The van der Waals surface area contributed by atoms with Gasteiger partial charge in [0.15, 0.2) is 5.11 Å². The van der Waals surface area contributed by atoms with Crippen molar-refractivity contribution >= 4 is 34.8 Å². The fourth-order valence-electron chi connectivity index (χ4n) is 3.78. The van der Waals surface area contributed by atoms with Crippen LogP contribution in [0.1, 0.15) is 43.0 Å².